The van der Waals surface area contributed by atoms with Gasteiger partial charge < -0.3 is 19.9 Å². The second-order valence-electron chi connectivity index (χ2n) is 8.40. The normalized spacial score (nSPS) is 11.2. The van der Waals surface area contributed by atoms with E-state index < -0.39 is 42.9 Å². The maximum atomic E-state index is 12.4. The van der Waals surface area contributed by atoms with E-state index in [1.54, 1.807) is 24.3 Å². The maximum Gasteiger partial charge on any atom is 0.408 e. The lowest BCUT2D eigenvalue weighted by molar-refractivity contribution is -0.149. The zero-order valence-corrected chi connectivity index (χ0v) is 20.3. The van der Waals surface area contributed by atoms with E-state index in [0.29, 0.717) is 12.8 Å². The minimum Gasteiger partial charge on any atom is -0.481 e. The zero-order chi connectivity index (χ0) is 26.5. The summed E-state index contributed by atoms with van der Waals surface area (Å²) < 4.78 is 10.1. The quantitative estimate of drug-likeness (QED) is 0.328. The van der Waals surface area contributed by atoms with Crippen LogP contribution in [0, 0.1) is 0 Å². The number of hydrogen-bond acceptors (Lipinski definition) is 6. The molecule has 0 aliphatic heterocycles. The van der Waals surface area contributed by atoms with Gasteiger partial charge in [0.15, 0.2) is 12.4 Å². The van der Waals surface area contributed by atoms with E-state index in [1.165, 1.54) is 0 Å². The van der Waals surface area contributed by atoms with Crippen LogP contribution >= 0.6 is 0 Å². The van der Waals surface area contributed by atoms with Crippen LogP contribution in [-0.2, 0) is 36.9 Å². The molecule has 0 fully saturated rings. The number of Topliss-reactive ketones (excluding diaryl/α,β-unsaturated/α-hetero) is 1. The number of esters is 1. The van der Waals surface area contributed by atoms with Crippen molar-refractivity contribution in [3.8, 4) is 11.1 Å². The molecule has 1 atom stereocenters. The summed E-state index contributed by atoms with van der Waals surface area (Å²) in [5, 5.41) is 11.3. The van der Waals surface area contributed by atoms with Gasteiger partial charge in [0.2, 0.25) is 0 Å². The van der Waals surface area contributed by atoms with Gasteiger partial charge in [0.1, 0.15) is 12.6 Å². The fourth-order valence-corrected chi connectivity index (χ4v) is 3.63. The van der Waals surface area contributed by atoms with E-state index in [-0.39, 0.29) is 13.0 Å². The molecule has 0 spiro atoms. The van der Waals surface area contributed by atoms with Gasteiger partial charge in [-0.25, -0.2) is 4.79 Å². The van der Waals surface area contributed by atoms with Crippen molar-refractivity contribution in [2.45, 2.75) is 38.3 Å². The molecule has 37 heavy (non-hydrogen) atoms. The van der Waals surface area contributed by atoms with Crippen LogP contribution in [0.25, 0.3) is 11.1 Å². The number of hydrogen-bond donors (Lipinski definition) is 2. The number of amides is 1. The first kappa shape index (κ1) is 27.1. The van der Waals surface area contributed by atoms with Crippen molar-refractivity contribution in [1.29, 1.82) is 0 Å². The van der Waals surface area contributed by atoms with Crippen molar-refractivity contribution in [3.05, 3.63) is 96.1 Å². The van der Waals surface area contributed by atoms with Crippen molar-refractivity contribution in [2.75, 3.05) is 6.61 Å². The second-order valence-corrected chi connectivity index (χ2v) is 8.40. The second kappa shape index (κ2) is 14.2. The molecule has 0 radical (unpaired) electrons. The summed E-state index contributed by atoms with van der Waals surface area (Å²) in [6, 6.07) is 25.5. The van der Waals surface area contributed by atoms with Crippen LogP contribution in [0.5, 0.6) is 0 Å². The van der Waals surface area contributed by atoms with Crippen molar-refractivity contribution < 1.29 is 33.8 Å². The molecule has 3 rings (SSSR count). The highest BCUT2D eigenvalue weighted by molar-refractivity contribution is 5.92. The molecule has 0 bridgehead atoms. The number of aryl methyl sites for hydroxylation is 1. The lowest BCUT2D eigenvalue weighted by atomic mass is 10.0. The molecule has 1 amide bonds. The molecule has 0 aliphatic carbocycles. The summed E-state index contributed by atoms with van der Waals surface area (Å²) in [5.41, 5.74) is 4.01. The van der Waals surface area contributed by atoms with Gasteiger partial charge in [-0.15, -0.1) is 0 Å². The Bertz CT molecular complexity index is 1200. The van der Waals surface area contributed by atoms with Gasteiger partial charge in [-0.3, -0.25) is 14.4 Å². The number of aliphatic carboxylic acids is 1. The summed E-state index contributed by atoms with van der Waals surface area (Å²) in [4.78, 5) is 47.8. The molecule has 192 valence electrons. The largest absolute Gasteiger partial charge is 0.481 e. The van der Waals surface area contributed by atoms with Gasteiger partial charge in [-0.05, 0) is 35.1 Å². The smallest absolute Gasteiger partial charge is 0.408 e. The molecule has 8 nitrogen and oxygen atoms in total. The Labute approximate surface area is 215 Å². The van der Waals surface area contributed by atoms with Crippen molar-refractivity contribution in [2.24, 2.45) is 0 Å². The molecule has 2 N–H and O–H groups in total. The monoisotopic (exact) mass is 503 g/mol. The first-order valence-corrected chi connectivity index (χ1v) is 11.9. The Morgan fingerprint density at radius 1 is 0.784 bits per heavy atom. The molecule has 0 heterocycles. The van der Waals surface area contributed by atoms with Crippen LogP contribution < -0.4 is 5.32 Å². The van der Waals surface area contributed by atoms with Gasteiger partial charge in [-0.2, -0.15) is 0 Å². The number of carbonyl (C=O) groups excluding carboxylic acids is 3. The van der Waals surface area contributed by atoms with Gasteiger partial charge in [-0.1, -0.05) is 84.9 Å². The number of alkyl carbamates (subject to hydrolysis) is 1. The van der Waals surface area contributed by atoms with Crippen LogP contribution in [-0.4, -0.2) is 41.6 Å². The first-order valence-electron chi connectivity index (χ1n) is 11.9. The predicted octanol–water partition coefficient (Wildman–Crippen LogP) is 4.56. The third-order valence-electron chi connectivity index (χ3n) is 5.53. The van der Waals surface area contributed by atoms with Gasteiger partial charge in [0.05, 0.1) is 6.42 Å². The number of carboxylic acids is 1. The molecule has 0 saturated carbocycles. The topological polar surface area (TPSA) is 119 Å². The van der Waals surface area contributed by atoms with Crippen LogP contribution in [0.15, 0.2) is 84.9 Å². The third kappa shape index (κ3) is 9.60. The predicted molar refractivity (Wildman–Crippen MR) is 137 cm³/mol. The number of ketones is 1. The van der Waals surface area contributed by atoms with Crippen molar-refractivity contribution in [1.82, 2.24) is 5.32 Å². The lowest BCUT2D eigenvalue weighted by Gasteiger charge is -2.16. The first-order chi connectivity index (χ1) is 17.9. The van der Waals surface area contributed by atoms with Crippen molar-refractivity contribution >= 4 is 23.8 Å². The highest BCUT2D eigenvalue weighted by atomic mass is 16.5. The van der Waals surface area contributed by atoms with E-state index in [2.05, 4.69) is 11.4 Å². The molecular formula is C29H29NO7. The minimum absolute atomic E-state index is 0.0378. The molecule has 3 aromatic rings. The standard InChI is InChI=1S/C29H29NO7/c31-26(25(18-27(32)33)30-29(35)37-19-22-9-3-1-4-10-22)20-36-28(34)16-8-12-21-11-7-15-24(17-21)23-13-5-2-6-14-23/h1-7,9-11,13-15,17,25H,8,12,16,18-20H2,(H,30,35)(H,32,33). The summed E-state index contributed by atoms with van der Waals surface area (Å²) >= 11 is 0. The number of carboxylic acid groups (broad SMARTS) is 1. The molecule has 3 aromatic carbocycles. The van der Waals surface area contributed by atoms with Gasteiger partial charge in [0, 0.05) is 6.42 Å². The molecule has 8 heteroatoms. The number of rotatable bonds is 13. The Balaban J connectivity index is 1.42. The number of nitrogens with one attached hydrogen (secondary N) is 1. The number of ether oxygens (including phenoxy) is 2. The van der Waals surface area contributed by atoms with Gasteiger partial charge in [0.25, 0.3) is 0 Å². The highest BCUT2D eigenvalue weighted by Gasteiger charge is 2.25. The van der Waals surface area contributed by atoms with E-state index in [0.717, 1.165) is 22.3 Å². The molecule has 0 saturated heterocycles. The van der Waals surface area contributed by atoms with Gasteiger partial charge >= 0.3 is 18.0 Å². The maximum absolute atomic E-state index is 12.4. The Kier molecular flexibility index (Phi) is 10.4. The molecule has 0 aromatic heterocycles. The third-order valence-corrected chi connectivity index (χ3v) is 5.53. The van der Waals surface area contributed by atoms with E-state index >= 15 is 0 Å². The number of benzene rings is 3. The van der Waals surface area contributed by atoms with Crippen LogP contribution in [0.2, 0.25) is 0 Å². The van der Waals surface area contributed by atoms with E-state index in [1.807, 2.05) is 54.6 Å². The average Bonchev–Trinajstić information content (AvgIpc) is 2.91. The summed E-state index contributed by atoms with van der Waals surface area (Å²) in [5.74, 6) is -2.60. The van der Waals surface area contributed by atoms with E-state index in [4.69, 9.17) is 14.6 Å². The molecule has 0 aliphatic rings. The van der Waals surface area contributed by atoms with Crippen LogP contribution in [0.1, 0.15) is 30.4 Å². The average molecular weight is 504 g/mol. The Morgan fingerprint density at radius 2 is 1.43 bits per heavy atom. The zero-order valence-electron chi connectivity index (χ0n) is 20.3. The van der Waals surface area contributed by atoms with E-state index in [9.17, 15) is 19.2 Å². The van der Waals surface area contributed by atoms with Crippen LogP contribution in [0.3, 0.4) is 0 Å². The molecular weight excluding hydrogens is 474 g/mol. The summed E-state index contributed by atoms with van der Waals surface area (Å²) in [6.07, 6.45) is -0.325. The highest BCUT2D eigenvalue weighted by Crippen LogP contribution is 2.20. The Morgan fingerprint density at radius 3 is 2.14 bits per heavy atom. The minimum atomic E-state index is -1.38. The Hall–Kier alpha value is -4.46. The summed E-state index contributed by atoms with van der Waals surface area (Å²) in [7, 11) is 0. The summed E-state index contributed by atoms with van der Waals surface area (Å²) in [6.45, 7) is -0.677. The fourth-order valence-electron chi connectivity index (χ4n) is 3.63. The number of carbonyl (C=O) groups is 4. The fraction of sp³-hybridized carbons (Fsp3) is 0.241. The van der Waals surface area contributed by atoms with Crippen LogP contribution in [0.4, 0.5) is 4.79 Å². The van der Waals surface area contributed by atoms with Crippen molar-refractivity contribution in [3.63, 3.8) is 0 Å². The SMILES string of the molecule is O=C(O)CC(NC(=O)OCc1ccccc1)C(=O)COC(=O)CCCc1cccc(-c2ccccc2)c1. The molecule has 1 unspecified atom stereocenters. The lowest BCUT2D eigenvalue weighted by Crippen LogP contribution is -2.44.